The summed E-state index contributed by atoms with van der Waals surface area (Å²) in [6.07, 6.45) is 4.16. The molecule has 0 aliphatic heterocycles. The van der Waals surface area contributed by atoms with Crippen molar-refractivity contribution in [2.45, 2.75) is 19.1 Å². The van der Waals surface area contributed by atoms with Crippen LogP contribution in [0.1, 0.15) is 18.1 Å². The van der Waals surface area contributed by atoms with Gasteiger partial charge in [-0.05, 0) is 17.2 Å². The van der Waals surface area contributed by atoms with Crippen LogP contribution in [0.15, 0.2) is 61.2 Å². The quantitative estimate of drug-likeness (QED) is 0.529. The Morgan fingerprint density at radius 3 is 2.35 bits per heavy atom. The Kier molecular flexibility index (Phi) is 8.62. The normalized spacial score (nSPS) is 12.3. The van der Waals surface area contributed by atoms with Crippen molar-refractivity contribution in [1.82, 2.24) is 14.8 Å². The van der Waals surface area contributed by atoms with Gasteiger partial charge in [0.1, 0.15) is 24.3 Å². The minimum absolute atomic E-state index is 0. The largest absolute Gasteiger partial charge is 2.00 e. The molecular weight excluding hydrogens is 508 g/mol. The van der Waals surface area contributed by atoms with E-state index in [4.69, 9.17) is 0 Å². The molecule has 0 aliphatic rings. The molecule has 0 radical (unpaired) electrons. The van der Waals surface area contributed by atoms with Crippen LogP contribution in [-0.4, -0.2) is 19.9 Å². The van der Waals surface area contributed by atoms with Crippen molar-refractivity contribution in [3.05, 3.63) is 97.3 Å². The molecule has 0 fully saturated rings. The van der Waals surface area contributed by atoms with Crippen LogP contribution in [0, 0.1) is 25.0 Å². The van der Waals surface area contributed by atoms with E-state index in [0.717, 1.165) is 17.7 Å². The monoisotopic (exact) mass is 527 g/mol. The third-order valence-electron chi connectivity index (χ3n) is 3.59. The van der Waals surface area contributed by atoms with E-state index >= 15 is 0 Å². The molecule has 7 heteroatoms. The maximum Gasteiger partial charge on any atom is 2.00 e. The Hall–Kier alpha value is -2.04. The minimum atomic E-state index is -1.56. The standard InChI is InChI=1S/C12H12F2N3O.C7H7.W/c1-2-12(18,6-17-8-15-7-16-17)10-4-3-9(13)5-11(10)14;1-7-5-3-2-4-6-7;/h2-5,7-8,18H,6H2,1H3;2-6H,1H2;/q2*-1;+2. The topological polar surface area (TPSA) is 50.9 Å². The maximum atomic E-state index is 13.7. The second-order valence-corrected chi connectivity index (χ2v) is 5.42. The fraction of sp³-hybridized carbons (Fsp3) is 0.158. The van der Waals surface area contributed by atoms with Crippen molar-refractivity contribution in [2.75, 3.05) is 0 Å². The summed E-state index contributed by atoms with van der Waals surface area (Å²) in [6, 6.07) is 12.9. The minimum Gasteiger partial charge on any atom is -0.415 e. The van der Waals surface area contributed by atoms with Gasteiger partial charge in [-0.25, -0.2) is 13.8 Å². The van der Waals surface area contributed by atoms with Gasteiger partial charge in [0.25, 0.3) is 0 Å². The molecule has 2 aromatic carbocycles. The van der Waals surface area contributed by atoms with Crippen molar-refractivity contribution < 1.29 is 35.0 Å². The number of hydrogen-bond donors (Lipinski definition) is 1. The molecular formula is C19H19F2N3OW. The third kappa shape index (κ3) is 6.04. The van der Waals surface area contributed by atoms with Gasteiger partial charge in [0.2, 0.25) is 0 Å². The Balaban J connectivity index is 0.000000357. The summed E-state index contributed by atoms with van der Waals surface area (Å²) < 4.78 is 27.9. The van der Waals surface area contributed by atoms with Crippen molar-refractivity contribution in [1.29, 1.82) is 0 Å². The van der Waals surface area contributed by atoms with Crippen LogP contribution >= 0.6 is 0 Å². The van der Waals surface area contributed by atoms with Crippen LogP contribution in [0.5, 0.6) is 0 Å². The average Bonchev–Trinajstić information content (AvgIpc) is 3.08. The first-order valence-corrected chi connectivity index (χ1v) is 7.62. The Labute approximate surface area is 166 Å². The fourth-order valence-electron chi connectivity index (χ4n) is 2.21. The Morgan fingerprint density at radius 1 is 1.19 bits per heavy atom. The molecule has 3 aromatic rings. The van der Waals surface area contributed by atoms with Crippen molar-refractivity contribution in [3.63, 3.8) is 0 Å². The molecule has 1 heterocycles. The van der Waals surface area contributed by atoms with Gasteiger partial charge < -0.3 is 5.11 Å². The number of nitrogens with zero attached hydrogens (tertiary/aromatic N) is 3. The van der Waals surface area contributed by atoms with Gasteiger partial charge in [-0.3, -0.25) is 11.1 Å². The number of hydrogen-bond acceptors (Lipinski definition) is 3. The van der Waals surface area contributed by atoms with Crippen molar-refractivity contribution >= 4 is 0 Å². The molecule has 1 aromatic heterocycles. The molecule has 4 nitrogen and oxygen atoms in total. The van der Waals surface area contributed by atoms with E-state index in [1.54, 1.807) is 6.92 Å². The van der Waals surface area contributed by atoms with E-state index in [-0.39, 0.29) is 33.2 Å². The predicted molar refractivity (Wildman–Crippen MR) is 91.2 cm³/mol. The van der Waals surface area contributed by atoms with E-state index in [1.165, 1.54) is 29.8 Å². The van der Waals surface area contributed by atoms with Crippen LogP contribution < -0.4 is 0 Å². The zero-order valence-electron chi connectivity index (χ0n) is 14.2. The summed E-state index contributed by atoms with van der Waals surface area (Å²) >= 11 is 0. The van der Waals surface area contributed by atoms with Gasteiger partial charge in [-0.15, -0.1) is 12.1 Å². The molecule has 1 unspecified atom stereocenters. The smallest absolute Gasteiger partial charge is 0.415 e. The second kappa shape index (κ2) is 10.2. The summed E-state index contributed by atoms with van der Waals surface area (Å²) in [5.41, 5.74) is -0.490. The number of benzene rings is 2. The van der Waals surface area contributed by atoms with Gasteiger partial charge in [-0.1, -0.05) is 12.1 Å². The summed E-state index contributed by atoms with van der Waals surface area (Å²) in [4.78, 5) is 3.74. The van der Waals surface area contributed by atoms with Crippen LogP contribution in [0.2, 0.25) is 0 Å². The first-order valence-electron chi connectivity index (χ1n) is 7.62. The predicted octanol–water partition coefficient (Wildman–Crippen LogP) is 3.53. The van der Waals surface area contributed by atoms with Crippen molar-refractivity contribution in [2.24, 2.45) is 0 Å². The zero-order chi connectivity index (χ0) is 18.3. The fourth-order valence-corrected chi connectivity index (χ4v) is 2.21. The summed E-state index contributed by atoms with van der Waals surface area (Å²) in [7, 11) is 0. The van der Waals surface area contributed by atoms with Crippen LogP contribution in [0.25, 0.3) is 0 Å². The Morgan fingerprint density at radius 2 is 1.88 bits per heavy atom. The molecule has 0 saturated carbocycles. The molecule has 0 amide bonds. The molecule has 0 spiro atoms. The van der Waals surface area contributed by atoms with Crippen LogP contribution in [-0.2, 0) is 33.2 Å². The molecule has 3 rings (SSSR count). The van der Waals surface area contributed by atoms with E-state index < -0.39 is 17.2 Å². The number of rotatable bonds is 4. The first kappa shape index (κ1) is 22.0. The average molecular weight is 527 g/mol. The summed E-state index contributed by atoms with van der Waals surface area (Å²) in [5.74, 6) is -1.48. The second-order valence-electron chi connectivity index (χ2n) is 5.42. The van der Waals surface area contributed by atoms with Gasteiger partial charge in [0.15, 0.2) is 0 Å². The SMILES string of the molecule is C[CH-]C(O)(Cn1cncn1)c1ccc(F)cc1F.[CH2-]c1ccccc1.[W+2]. The zero-order valence-corrected chi connectivity index (χ0v) is 17.2. The molecule has 1 N–H and O–H groups in total. The molecule has 26 heavy (non-hydrogen) atoms. The molecule has 1 atom stereocenters. The van der Waals surface area contributed by atoms with Gasteiger partial charge in [0.05, 0.1) is 0 Å². The van der Waals surface area contributed by atoms with Gasteiger partial charge in [-0.2, -0.15) is 36.6 Å². The summed E-state index contributed by atoms with van der Waals surface area (Å²) in [6.45, 7) is 5.32. The van der Waals surface area contributed by atoms with Crippen molar-refractivity contribution in [3.8, 4) is 0 Å². The van der Waals surface area contributed by atoms with Gasteiger partial charge >= 0.3 is 21.1 Å². The molecule has 0 saturated heterocycles. The van der Waals surface area contributed by atoms with E-state index in [1.807, 2.05) is 30.3 Å². The van der Waals surface area contributed by atoms with E-state index in [2.05, 4.69) is 17.0 Å². The molecule has 136 valence electrons. The van der Waals surface area contributed by atoms with Crippen LogP contribution in [0.3, 0.4) is 0 Å². The first-order chi connectivity index (χ1) is 11.9. The van der Waals surface area contributed by atoms with E-state index in [9.17, 15) is 13.9 Å². The Bertz CT molecular complexity index is 785. The van der Waals surface area contributed by atoms with Crippen LogP contribution in [0.4, 0.5) is 8.78 Å². The third-order valence-corrected chi connectivity index (χ3v) is 3.59. The molecule has 0 aliphatic carbocycles. The summed E-state index contributed by atoms with van der Waals surface area (Å²) in [5, 5.41) is 14.3. The number of aliphatic hydroxyl groups is 1. The molecule has 0 bridgehead atoms. The van der Waals surface area contributed by atoms with E-state index in [0.29, 0.717) is 0 Å². The number of aromatic nitrogens is 3. The maximum absolute atomic E-state index is 13.7. The van der Waals surface area contributed by atoms with Gasteiger partial charge in [0, 0.05) is 12.6 Å². The number of halogens is 2.